The van der Waals surface area contributed by atoms with E-state index in [1.165, 1.54) is 17.6 Å². The van der Waals surface area contributed by atoms with Crippen LogP contribution in [0.3, 0.4) is 0 Å². The highest BCUT2D eigenvalue weighted by molar-refractivity contribution is 7.89. The highest BCUT2D eigenvalue weighted by Gasteiger charge is 2.21. The maximum Gasteiger partial charge on any atom is 0.244 e. The summed E-state index contributed by atoms with van der Waals surface area (Å²) in [6.07, 6.45) is 1.44. The van der Waals surface area contributed by atoms with Crippen LogP contribution >= 0.6 is 11.3 Å². The van der Waals surface area contributed by atoms with Gasteiger partial charge in [-0.2, -0.15) is 0 Å². The van der Waals surface area contributed by atoms with Crippen LogP contribution in [0.25, 0.3) is 0 Å². The summed E-state index contributed by atoms with van der Waals surface area (Å²) in [6.45, 7) is 4.07. The molecule has 0 bridgehead atoms. The van der Waals surface area contributed by atoms with Crippen molar-refractivity contribution in [1.82, 2.24) is 4.72 Å². The Bertz CT molecular complexity index is 1040. The van der Waals surface area contributed by atoms with E-state index in [0.717, 1.165) is 10.4 Å². The van der Waals surface area contributed by atoms with Gasteiger partial charge in [0, 0.05) is 11.4 Å². The Balaban J connectivity index is 1.75. The molecule has 0 aliphatic heterocycles. The van der Waals surface area contributed by atoms with E-state index in [2.05, 4.69) is 4.72 Å². The number of carbonyl (C=O) groups excluding carboxylic acids is 1. The topological polar surface area (TPSA) is 85.6 Å². The lowest BCUT2D eigenvalue weighted by atomic mass is 10.2. The summed E-state index contributed by atoms with van der Waals surface area (Å²) < 4.78 is 38.5. The standard InChI is InChI=1S/C19H19NO5S2/c1-3-24-15-8-6-13(2)11-18(15)27(22,23)20-12-14-7-9-17(26-14)19(21)16-5-4-10-25-16/h4-11,20H,3,12H2,1-2H3. The minimum Gasteiger partial charge on any atom is -0.492 e. The van der Waals surface area contributed by atoms with Crippen LogP contribution in [-0.4, -0.2) is 20.8 Å². The molecule has 142 valence electrons. The van der Waals surface area contributed by atoms with Gasteiger partial charge in [-0.1, -0.05) is 6.07 Å². The fourth-order valence-electron chi connectivity index (χ4n) is 2.47. The number of benzene rings is 1. The molecule has 1 aromatic carbocycles. The van der Waals surface area contributed by atoms with Gasteiger partial charge in [-0.25, -0.2) is 13.1 Å². The quantitative estimate of drug-likeness (QED) is 0.577. The molecule has 0 amide bonds. The van der Waals surface area contributed by atoms with Crippen molar-refractivity contribution in [2.24, 2.45) is 0 Å². The molecule has 0 aliphatic rings. The van der Waals surface area contributed by atoms with E-state index in [9.17, 15) is 13.2 Å². The molecule has 0 saturated carbocycles. The monoisotopic (exact) mass is 405 g/mol. The normalized spacial score (nSPS) is 11.5. The Morgan fingerprint density at radius 3 is 2.74 bits per heavy atom. The Hall–Kier alpha value is -2.42. The zero-order valence-corrected chi connectivity index (χ0v) is 16.5. The Labute approximate surface area is 161 Å². The average Bonchev–Trinajstić information content (AvgIpc) is 3.33. The van der Waals surface area contributed by atoms with Crippen molar-refractivity contribution in [2.75, 3.05) is 6.61 Å². The number of sulfonamides is 1. The van der Waals surface area contributed by atoms with Gasteiger partial charge in [0.1, 0.15) is 10.6 Å². The average molecular weight is 405 g/mol. The number of rotatable bonds is 8. The van der Waals surface area contributed by atoms with Crippen molar-refractivity contribution in [3.8, 4) is 5.75 Å². The molecule has 2 heterocycles. The lowest BCUT2D eigenvalue weighted by molar-refractivity contribution is 0.101. The van der Waals surface area contributed by atoms with E-state index in [-0.39, 0.29) is 23.0 Å². The first-order valence-electron chi connectivity index (χ1n) is 8.30. The highest BCUT2D eigenvalue weighted by atomic mass is 32.2. The summed E-state index contributed by atoms with van der Waals surface area (Å²) in [7, 11) is -3.76. The first-order chi connectivity index (χ1) is 12.9. The van der Waals surface area contributed by atoms with E-state index in [1.807, 2.05) is 6.92 Å². The summed E-state index contributed by atoms with van der Waals surface area (Å²) in [6, 6.07) is 11.7. The highest BCUT2D eigenvalue weighted by Crippen LogP contribution is 2.26. The molecule has 2 aromatic heterocycles. The number of thiophene rings is 1. The van der Waals surface area contributed by atoms with Crippen LogP contribution in [0.4, 0.5) is 0 Å². The first kappa shape index (κ1) is 19.3. The number of furan rings is 1. The van der Waals surface area contributed by atoms with Crippen molar-refractivity contribution >= 4 is 27.1 Å². The molecule has 27 heavy (non-hydrogen) atoms. The molecule has 3 aromatic rings. The third-order valence-electron chi connectivity index (χ3n) is 3.76. The van der Waals surface area contributed by atoms with Crippen molar-refractivity contribution in [1.29, 1.82) is 0 Å². The van der Waals surface area contributed by atoms with Crippen LogP contribution in [0, 0.1) is 6.92 Å². The number of nitrogens with one attached hydrogen (secondary N) is 1. The van der Waals surface area contributed by atoms with Crippen LogP contribution < -0.4 is 9.46 Å². The summed E-state index contributed by atoms with van der Waals surface area (Å²) >= 11 is 1.22. The van der Waals surface area contributed by atoms with Gasteiger partial charge >= 0.3 is 0 Å². The third kappa shape index (κ3) is 4.47. The first-order valence-corrected chi connectivity index (χ1v) is 10.6. The largest absolute Gasteiger partial charge is 0.492 e. The summed E-state index contributed by atoms with van der Waals surface area (Å²) in [5.41, 5.74) is 0.821. The predicted molar refractivity (Wildman–Crippen MR) is 103 cm³/mol. The zero-order valence-electron chi connectivity index (χ0n) is 14.9. The van der Waals surface area contributed by atoms with Gasteiger partial charge in [0.2, 0.25) is 15.8 Å². The van der Waals surface area contributed by atoms with E-state index < -0.39 is 10.0 Å². The van der Waals surface area contributed by atoms with Crippen molar-refractivity contribution in [2.45, 2.75) is 25.3 Å². The second-order valence-corrected chi connectivity index (χ2v) is 8.68. The van der Waals surface area contributed by atoms with Gasteiger partial charge in [-0.05, 0) is 55.8 Å². The molecular weight excluding hydrogens is 386 g/mol. The fourth-order valence-corrected chi connectivity index (χ4v) is 4.69. The number of ether oxygens (including phenoxy) is 1. The summed E-state index contributed by atoms with van der Waals surface area (Å²) in [5.74, 6) is 0.344. The van der Waals surface area contributed by atoms with Crippen LogP contribution in [0.1, 0.15) is 32.8 Å². The van der Waals surface area contributed by atoms with Crippen LogP contribution in [0.5, 0.6) is 5.75 Å². The molecule has 1 N–H and O–H groups in total. The van der Waals surface area contributed by atoms with Gasteiger partial charge in [0.15, 0.2) is 5.76 Å². The molecule has 0 unspecified atom stereocenters. The lowest BCUT2D eigenvalue weighted by Crippen LogP contribution is -2.23. The fraction of sp³-hybridized carbons (Fsp3) is 0.211. The maximum atomic E-state index is 12.7. The second kappa shape index (κ2) is 8.08. The van der Waals surface area contributed by atoms with Gasteiger partial charge in [-0.15, -0.1) is 11.3 Å². The Morgan fingerprint density at radius 2 is 2.04 bits per heavy atom. The number of ketones is 1. The lowest BCUT2D eigenvalue weighted by Gasteiger charge is -2.12. The molecule has 8 heteroatoms. The van der Waals surface area contributed by atoms with Crippen LogP contribution in [0.15, 0.2) is 58.0 Å². The molecular formula is C19H19NO5S2. The number of hydrogen-bond acceptors (Lipinski definition) is 6. The summed E-state index contributed by atoms with van der Waals surface area (Å²) in [5, 5.41) is 0. The van der Waals surface area contributed by atoms with E-state index in [4.69, 9.17) is 9.15 Å². The SMILES string of the molecule is CCOc1ccc(C)cc1S(=O)(=O)NCc1ccc(C(=O)c2ccco2)s1. The van der Waals surface area contributed by atoms with E-state index in [1.54, 1.807) is 49.4 Å². The van der Waals surface area contributed by atoms with Crippen LogP contribution in [0.2, 0.25) is 0 Å². The molecule has 0 saturated heterocycles. The van der Waals surface area contributed by atoms with Gasteiger partial charge in [0.05, 0.1) is 17.7 Å². The van der Waals surface area contributed by atoms with Crippen molar-refractivity contribution in [3.05, 3.63) is 69.8 Å². The Kier molecular flexibility index (Phi) is 5.79. The smallest absolute Gasteiger partial charge is 0.244 e. The van der Waals surface area contributed by atoms with Crippen molar-refractivity contribution in [3.63, 3.8) is 0 Å². The van der Waals surface area contributed by atoms with E-state index >= 15 is 0 Å². The second-order valence-electron chi connectivity index (χ2n) is 5.78. The Morgan fingerprint density at radius 1 is 1.22 bits per heavy atom. The third-order valence-corrected chi connectivity index (χ3v) is 6.26. The minimum absolute atomic E-state index is 0.0813. The molecule has 3 rings (SSSR count). The minimum atomic E-state index is -3.76. The zero-order chi connectivity index (χ0) is 19.4. The number of carbonyl (C=O) groups is 1. The molecule has 0 fully saturated rings. The molecule has 0 radical (unpaired) electrons. The van der Waals surface area contributed by atoms with E-state index in [0.29, 0.717) is 17.2 Å². The maximum absolute atomic E-state index is 12.7. The van der Waals surface area contributed by atoms with Crippen molar-refractivity contribution < 1.29 is 22.4 Å². The van der Waals surface area contributed by atoms with Crippen LogP contribution in [-0.2, 0) is 16.6 Å². The van der Waals surface area contributed by atoms with Gasteiger partial charge in [0.25, 0.3) is 0 Å². The molecule has 6 nitrogen and oxygen atoms in total. The van der Waals surface area contributed by atoms with Gasteiger partial charge in [-0.3, -0.25) is 4.79 Å². The molecule has 0 atom stereocenters. The molecule has 0 spiro atoms. The molecule has 0 aliphatic carbocycles. The predicted octanol–water partition coefficient (Wildman–Crippen LogP) is 3.76. The summed E-state index contributed by atoms with van der Waals surface area (Å²) in [4.78, 5) is 13.6. The van der Waals surface area contributed by atoms with Gasteiger partial charge < -0.3 is 9.15 Å². The number of aryl methyl sites for hydroxylation is 1. The number of hydrogen-bond donors (Lipinski definition) is 1.